The predicted molar refractivity (Wildman–Crippen MR) is 47.9 cm³/mol. The molecule has 1 aromatic carbocycles. The van der Waals surface area contributed by atoms with Gasteiger partial charge in [-0.3, -0.25) is 0 Å². The van der Waals surface area contributed by atoms with E-state index in [4.69, 9.17) is 0 Å². The van der Waals surface area contributed by atoms with E-state index in [1.165, 1.54) is 5.56 Å². The van der Waals surface area contributed by atoms with Gasteiger partial charge in [-0.1, -0.05) is 0 Å². The molecule has 0 saturated heterocycles. The summed E-state index contributed by atoms with van der Waals surface area (Å²) in [6.45, 7) is 0. The van der Waals surface area contributed by atoms with Crippen molar-refractivity contribution in [3.63, 3.8) is 0 Å². The molecule has 0 spiro atoms. The van der Waals surface area contributed by atoms with Gasteiger partial charge in [-0.15, -0.1) is 0 Å². The molecule has 0 bridgehead atoms. The van der Waals surface area contributed by atoms with Gasteiger partial charge in [0, 0.05) is 0 Å². The van der Waals surface area contributed by atoms with Crippen LogP contribution in [0.4, 0.5) is 0 Å². The van der Waals surface area contributed by atoms with E-state index >= 15 is 0 Å². The Bertz CT molecular complexity index is 240. The van der Waals surface area contributed by atoms with Crippen LogP contribution in [-0.2, 0) is 6.42 Å². The Balaban J connectivity index is 2.64. The predicted octanol–water partition coefficient (Wildman–Crippen LogP) is 0.555. The van der Waals surface area contributed by atoms with Gasteiger partial charge in [-0.25, -0.2) is 0 Å². The fraction of sp³-hybridized carbons (Fsp3) is 0.111. The van der Waals surface area contributed by atoms with E-state index in [-0.39, 0.29) is 0 Å². The van der Waals surface area contributed by atoms with E-state index < -0.39 is 0 Å². The number of hydrogen-bond acceptors (Lipinski definition) is 0. The first-order valence-electron chi connectivity index (χ1n) is 3.37. The van der Waals surface area contributed by atoms with E-state index in [1.54, 1.807) is 0 Å². The maximum absolute atomic E-state index is 3.11. The molecule has 0 aliphatic rings. The van der Waals surface area contributed by atoms with Crippen LogP contribution in [0.3, 0.4) is 0 Å². The van der Waals surface area contributed by atoms with E-state index in [0.29, 0.717) is 22.5 Å². The number of hydrogen-bond donors (Lipinski definition) is 0. The first kappa shape index (κ1) is 7.68. The molecular formula is C9H10Sn. The van der Waals surface area contributed by atoms with Crippen molar-refractivity contribution in [3.05, 3.63) is 35.9 Å². The first-order chi connectivity index (χ1) is 4.93. The molecule has 0 aliphatic carbocycles. The summed E-state index contributed by atoms with van der Waals surface area (Å²) in [5, 5.41) is 0. The second-order valence-electron chi connectivity index (χ2n) is 2.09. The van der Waals surface area contributed by atoms with Crippen molar-refractivity contribution < 1.29 is 0 Å². The second kappa shape index (κ2) is 4.40. The molecule has 1 aromatic rings. The summed E-state index contributed by atoms with van der Waals surface area (Å²) in [5.74, 6) is 3.11. The van der Waals surface area contributed by atoms with Crippen LogP contribution < -0.4 is 0 Å². The van der Waals surface area contributed by atoms with Crippen molar-refractivity contribution in [3.8, 4) is 9.86 Å². The van der Waals surface area contributed by atoms with Crippen molar-refractivity contribution in [2.75, 3.05) is 0 Å². The van der Waals surface area contributed by atoms with Gasteiger partial charge in [0.2, 0.25) is 0 Å². The zero-order valence-electron chi connectivity index (χ0n) is 6.09. The summed E-state index contributed by atoms with van der Waals surface area (Å²) < 4.78 is 3.08. The second-order valence-corrected chi connectivity index (χ2v) is 3.52. The molecule has 0 amide bonds. The zero-order valence-corrected chi connectivity index (χ0v) is 11.8. The fourth-order valence-electron chi connectivity index (χ4n) is 0.786. The number of benzene rings is 1. The molecule has 0 atom stereocenters. The van der Waals surface area contributed by atoms with Crippen molar-refractivity contribution in [1.82, 2.24) is 0 Å². The quantitative estimate of drug-likeness (QED) is 0.494. The van der Waals surface area contributed by atoms with Gasteiger partial charge in [0.15, 0.2) is 0 Å². The van der Waals surface area contributed by atoms with Gasteiger partial charge in [-0.2, -0.15) is 0 Å². The SMILES string of the molecule is [SnH3][C]#CCc1ccccc1. The Labute approximate surface area is 74.7 Å². The van der Waals surface area contributed by atoms with Crippen molar-refractivity contribution >= 4 is 22.5 Å². The molecule has 1 rings (SSSR count). The minimum atomic E-state index is 0.541. The Hall–Kier alpha value is -0.421. The van der Waals surface area contributed by atoms with Crippen molar-refractivity contribution in [2.24, 2.45) is 0 Å². The standard InChI is InChI=1S/C9H7.Sn.3H/c1-2-6-9-7-4-3-5-8-9;;;;/h3-5,7-8H,6H2;;;;. The van der Waals surface area contributed by atoms with Crippen LogP contribution in [0.1, 0.15) is 5.56 Å². The van der Waals surface area contributed by atoms with Crippen molar-refractivity contribution in [1.29, 1.82) is 0 Å². The van der Waals surface area contributed by atoms with Gasteiger partial charge in [0.25, 0.3) is 0 Å². The molecule has 0 unspecified atom stereocenters. The number of rotatable bonds is 1. The zero-order chi connectivity index (χ0) is 7.23. The van der Waals surface area contributed by atoms with Gasteiger partial charge in [-0.05, 0) is 0 Å². The molecule has 0 fully saturated rings. The van der Waals surface area contributed by atoms with Gasteiger partial charge >= 0.3 is 74.7 Å². The van der Waals surface area contributed by atoms with Gasteiger partial charge in [0.05, 0.1) is 0 Å². The molecule has 1 heteroatoms. The summed E-state index contributed by atoms with van der Waals surface area (Å²) in [4.78, 5) is 0. The minimum absolute atomic E-state index is 0.541. The summed E-state index contributed by atoms with van der Waals surface area (Å²) in [6.07, 6.45) is 0.925. The maximum atomic E-state index is 3.11. The summed E-state index contributed by atoms with van der Waals surface area (Å²) in [5.41, 5.74) is 1.32. The fourth-order valence-corrected chi connectivity index (χ4v) is 1.29. The third-order valence-corrected chi connectivity index (χ3v) is 2.32. The molecule has 50 valence electrons. The Kier molecular flexibility index (Phi) is 3.38. The third-order valence-electron chi connectivity index (χ3n) is 1.31. The Morgan fingerprint density at radius 1 is 1.20 bits per heavy atom. The van der Waals surface area contributed by atoms with Crippen LogP contribution in [0.25, 0.3) is 0 Å². The van der Waals surface area contributed by atoms with Gasteiger partial charge < -0.3 is 0 Å². The van der Waals surface area contributed by atoms with Crippen LogP contribution in [0.15, 0.2) is 30.3 Å². The average Bonchev–Trinajstić information content (AvgIpc) is 2.03. The van der Waals surface area contributed by atoms with E-state index in [2.05, 4.69) is 34.1 Å². The normalized spacial score (nSPS) is 8.40. The molecule has 0 N–H and O–H groups in total. The molecule has 0 heterocycles. The molecule has 0 aliphatic heterocycles. The van der Waals surface area contributed by atoms with Crippen LogP contribution >= 0.6 is 0 Å². The topological polar surface area (TPSA) is 0 Å². The molecule has 10 heavy (non-hydrogen) atoms. The van der Waals surface area contributed by atoms with E-state index in [1.807, 2.05) is 6.07 Å². The summed E-state index contributed by atoms with van der Waals surface area (Å²) in [6, 6.07) is 10.4. The molecular weight excluding hydrogens is 227 g/mol. The monoisotopic (exact) mass is 238 g/mol. The average molecular weight is 237 g/mol. The van der Waals surface area contributed by atoms with Gasteiger partial charge in [0.1, 0.15) is 0 Å². The van der Waals surface area contributed by atoms with Crippen LogP contribution in [-0.4, -0.2) is 22.5 Å². The van der Waals surface area contributed by atoms with E-state index in [9.17, 15) is 0 Å². The van der Waals surface area contributed by atoms with Crippen LogP contribution in [0.5, 0.6) is 0 Å². The third kappa shape index (κ3) is 2.45. The first-order valence-corrected chi connectivity index (χ1v) is 6.22. The van der Waals surface area contributed by atoms with Crippen LogP contribution in [0, 0.1) is 9.86 Å². The molecule has 0 saturated carbocycles. The Morgan fingerprint density at radius 3 is 2.50 bits per heavy atom. The summed E-state index contributed by atoms with van der Waals surface area (Å²) in [7, 11) is 0. The van der Waals surface area contributed by atoms with Crippen molar-refractivity contribution in [2.45, 2.75) is 6.42 Å². The Morgan fingerprint density at radius 2 is 1.90 bits per heavy atom. The van der Waals surface area contributed by atoms with E-state index in [0.717, 1.165) is 6.42 Å². The molecule has 0 nitrogen and oxygen atoms in total. The summed E-state index contributed by atoms with van der Waals surface area (Å²) >= 11 is 0.541. The van der Waals surface area contributed by atoms with Crippen LogP contribution in [0.2, 0.25) is 0 Å². The molecule has 0 radical (unpaired) electrons. The molecule has 0 aromatic heterocycles.